The van der Waals surface area contributed by atoms with Crippen molar-refractivity contribution in [2.24, 2.45) is 0 Å². The van der Waals surface area contributed by atoms with Crippen molar-refractivity contribution >= 4 is 21.6 Å². The molecule has 1 aliphatic rings. The Morgan fingerprint density at radius 2 is 1.76 bits per heavy atom. The number of sulfonamides is 1. The fourth-order valence-corrected chi connectivity index (χ4v) is 4.68. The molecule has 1 amide bonds. The van der Waals surface area contributed by atoms with E-state index in [1.807, 2.05) is 0 Å². The third-order valence-corrected chi connectivity index (χ3v) is 6.49. The van der Waals surface area contributed by atoms with Gasteiger partial charge in [-0.3, -0.25) is 4.79 Å². The van der Waals surface area contributed by atoms with Crippen LogP contribution >= 0.6 is 0 Å². The summed E-state index contributed by atoms with van der Waals surface area (Å²) in [5.74, 6) is -0.857. The van der Waals surface area contributed by atoms with E-state index in [9.17, 15) is 26.4 Å². The Balaban J connectivity index is 1.97. The Morgan fingerprint density at radius 1 is 1.10 bits per heavy atom. The van der Waals surface area contributed by atoms with Gasteiger partial charge in [0.05, 0.1) is 28.8 Å². The summed E-state index contributed by atoms with van der Waals surface area (Å²) in [7, 11) is -2.52. The number of carbonyl (C=O) groups excluding carboxylic acids is 1. The van der Waals surface area contributed by atoms with Crippen molar-refractivity contribution in [3.05, 3.63) is 53.6 Å². The van der Waals surface area contributed by atoms with E-state index in [2.05, 4.69) is 5.32 Å². The Morgan fingerprint density at radius 3 is 2.38 bits per heavy atom. The van der Waals surface area contributed by atoms with Crippen LogP contribution in [0.15, 0.2) is 47.4 Å². The first kappa shape index (κ1) is 21.1. The molecule has 1 fully saturated rings. The number of methoxy groups -OCH3 is 1. The quantitative estimate of drug-likeness (QED) is 0.787. The van der Waals surface area contributed by atoms with Crippen molar-refractivity contribution in [2.45, 2.75) is 23.9 Å². The highest BCUT2D eigenvalue weighted by molar-refractivity contribution is 7.89. The van der Waals surface area contributed by atoms with Gasteiger partial charge in [-0.2, -0.15) is 17.5 Å². The molecule has 0 unspecified atom stereocenters. The first-order valence-electron chi connectivity index (χ1n) is 8.80. The molecule has 1 aliphatic heterocycles. The Hall–Kier alpha value is -2.59. The van der Waals surface area contributed by atoms with Gasteiger partial charge in [0.1, 0.15) is 5.75 Å². The molecule has 0 atom stereocenters. The number of para-hydroxylation sites is 1. The summed E-state index contributed by atoms with van der Waals surface area (Å²) in [5.41, 5.74) is -1.61. The van der Waals surface area contributed by atoms with Crippen LogP contribution in [-0.2, 0) is 16.2 Å². The van der Waals surface area contributed by atoms with Gasteiger partial charge < -0.3 is 10.1 Å². The Kier molecular flexibility index (Phi) is 5.85. The van der Waals surface area contributed by atoms with Crippen LogP contribution in [-0.4, -0.2) is 38.8 Å². The number of benzene rings is 2. The van der Waals surface area contributed by atoms with Crippen LogP contribution in [0.3, 0.4) is 0 Å². The van der Waals surface area contributed by atoms with Crippen molar-refractivity contribution in [3.8, 4) is 5.75 Å². The Labute approximate surface area is 166 Å². The van der Waals surface area contributed by atoms with Crippen molar-refractivity contribution in [2.75, 3.05) is 25.5 Å². The molecular formula is C19H19F3N2O4S. The molecule has 0 aliphatic carbocycles. The standard InChI is InChI=1S/C19H19F3N2O4S/c1-28-17-9-8-13(29(26,27)24-10-4-5-11-24)12-14(17)18(25)23-16-7-3-2-6-15(16)19(20,21)22/h2-3,6-9,12H,4-5,10-11H2,1H3,(H,23,25). The second-order valence-electron chi connectivity index (χ2n) is 6.47. The third-order valence-electron chi connectivity index (χ3n) is 4.60. The maximum absolute atomic E-state index is 13.2. The van der Waals surface area contributed by atoms with Gasteiger partial charge in [-0.05, 0) is 43.2 Å². The van der Waals surface area contributed by atoms with Gasteiger partial charge >= 0.3 is 6.18 Å². The number of halogens is 3. The van der Waals surface area contributed by atoms with Crippen LogP contribution in [0.5, 0.6) is 5.75 Å². The lowest BCUT2D eigenvalue weighted by Gasteiger charge is -2.18. The normalized spacial score (nSPS) is 15.3. The highest BCUT2D eigenvalue weighted by Crippen LogP contribution is 2.35. The topological polar surface area (TPSA) is 75.7 Å². The number of hydrogen-bond donors (Lipinski definition) is 1. The van der Waals surface area contributed by atoms with Gasteiger partial charge in [-0.1, -0.05) is 12.1 Å². The SMILES string of the molecule is COc1ccc(S(=O)(=O)N2CCCC2)cc1C(=O)Nc1ccccc1C(F)(F)F. The second-order valence-corrected chi connectivity index (χ2v) is 8.41. The van der Waals surface area contributed by atoms with E-state index in [0.717, 1.165) is 31.0 Å². The lowest BCUT2D eigenvalue weighted by atomic mass is 10.1. The van der Waals surface area contributed by atoms with Crippen molar-refractivity contribution < 1.29 is 31.1 Å². The van der Waals surface area contributed by atoms with E-state index >= 15 is 0 Å². The third kappa shape index (κ3) is 4.38. The lowest BCUT2D eigenvalue weighted by Crippen LogP contribution is -2.28. The molecule has 0 spiro atoms. The molecule has 29 heavy (non-hydrogen) atoms. The van der Waals surface area contributed by atoms with Crippen molar-refractivity contribution in [1.29, 1.82) is 0 Å². The summed E-state index contributed by atoms with van der Waals surface area (Å²) in [4.78, 5) is 12.6. The molecule has 0 bridgehead atoms. The fraction of sp³-hybridized carbons (Fsp3) is 0.316. The van der Waals surface area contributed by atoms with Crippen LogP contribution in [0.2, 0.25) is 0 Å². The zero-order chi connectivity index (χ0) is 21.2. The number of rotatable bonds is 5. The molecule has 6 nitrogen and oxygen atoms in total. The molecule has 3 rings (SSSR count). The summed E-state index contributed by atoms with van der Waals surface area (Å²) >= 11 is 0. The molecule has 1 N–H and O–H groups in total. The number of hydrogen-bond acceptors (Lipinski definition) is 4. The molecular weight excluding hydrogens is 409 g/mol. The average Bonchev–Trinajstić information content (AvgIpc) is 3.22. The first-order chi connectivity index (χ1) is 13.6. The lowest BCUT2D eigenvalue weighted by molar-refractivity contribution is -0.136. The molecule has 0 radical (unpaired) electrons. The first-order valence-corrected chi connectivity index (χ1v) is 10.2. The zero-order valence-corrected chi connectivity index (χ0v) is 16.3. The summed E-state index contributed by atoms with van der Waals surface area (Å²) in [6, 6.07) is 8.29. The number of alkyl halides is 3. The molecule has 1 saturated heterocycles. The van der Waals surface area contributed by atoms with E-state index in [1.54, 1.807) is 0 Å². The monoisotopic (exact) mass is 428 g/mol. The van der Waals surface area contributed by atoms with E-state index in [1.165, 1.54) is 35.7 Å². The smallest absolute Gasteiger partial charge is 0.418 e. The average molecular weight is 428 g/mol. The molecule has 0 aromatic heterocycles. The fourth-order valence-electron chi connectivity index (χ4n) is 3.13. The molecule has 1 heterocycles. The van der Waals surface area contributed by atoms with E-state index in [0.29, 0.717) is 13.1 Å². The van der Waals surface area contributed by atoms with Crippen LogP contribution in [0.1, 0.15) is 28.8 Å². The van der Waals surface area contributed by atoms with Gasteiger partial charge in [-0.25, -0.2) is 8.42 Å². The number of nitrogens with zero attached hydrogens (tertiary/aromatic N) is 1. The predicted molar refractivity (Wildman–Crippen MR) is 100 cm³/mol. The highest BCUT2D eigenvalue weighted by Gasteiger charge is 2.34. The van der Waals surface area contributed by atoms with E-state index < -0.39 is 33.4 Å². The summed E-state index contributed by atoms with van der Waals surface area (Å²) in [6.45, 7) is 0.768. The van der Waals surface area contributed by atoms with Crippen molar-refractivity contribution in [3.63, 3.8) is 0 Å². The van der Waals surface area contributed by atoms with Gasteiger partial charge in [0, 0.05) is 13.1 Å². The maximum atomic E-state index is 13.2. The number of carbonyl (C=O) groups is 1. The van der Waals surface area contributed by atoms with Gasteiger partial charge in [0.25, 0.3) is 5.91 Å². The van der Waals surface area contributed by atoms with Gasteiger partial charge in [-0.15, -0.1) is 0 Å². The largest absolute Gasteiger partial charge is 0.496 e. The van der Waals surface area contributed by atoms with E-state index in [-0.39, 0.29) is 16.2 Å². The number of ether oxygens (including phenoxy) is 1. The summed E-state index contributed by atoms with van der Waals surface area (Å²) < 4.78 is 71.5. The number of anilines is 1. The van der Waals surface area contributed by atoms with E-state index in [4.69, 9.17) is 4.74 Å². The predicted octanol–water partition coefficient (Wildman–Crippen LogP) is 3.75. The molecule has 2 aromatic rings. The van der Waals surface area contributed by atoms with Gasteiger partial charge in [0.15, 0.2) is 0 Å². The van der Waals surface area contributed by atoms with Crippen LogP contribution in [0.4, 0.5) is 18.9 Å². The molecule has 0 saturated carbocycles. The van der Waals surface area contributed by atoms with Gasteiger partial charge in [0.2, 0.25) is 10.0 Å². The zero-order valence-electron chi connectivity index (χ0n) is 15.5. The van der Waals surface area contributed by atoms with Crippen molar-refractivity contribution in [1.82, 2.24) is 4.31 Å². The Bertz CT molecular complexity index is 1020. The van der Waals surface area contributed by atoms with Crippen LogP contribution in [0, 0.1) is 0 Å². The summed E-state index contributed by atoms with van der Waals surface area (Å²) in [5, 5.41) is 2.21. The molecule has 156 valence electrons. The maximum Gasteiger partial charge on any atom is 0.418 e. The second kappa shape index (κ2) is 8.03. The van der Waals surface area contributed by atoms with Crippen LogP contribution < -0.4 is 10.1 Å². The molecule has 2 aromatic carbocycles. The number of nitrogens with one attached hydrogen (secondary N) is 1. The summed E-state index contributed by atoms with van der Waals surface area (Å²) in [6.07, 6.45) is -3.16. The minimum atomic E-state index is -4.66. The minimum absolute atomic E-state index is 0.0485. The van der Waals surface area contributed by atoms with Crippen LogP contribution in [0.25, 0.3) is 0 Å². The molecule has 10 heteroatoms. The minimum Gasteiger partial charge on any atom is -0.496 e. The number of amides is 1. The highest BCUT2D eigenvalue weighted by atomic mass is 32.2.